The molecule has 23 heavy (non-hydrogen) atoms. The third-order valence-corrected chi connectivity index (χ3v) is 3.60. The van der Waals surface area contributed by atoms with Gasteiger partial charge in [-0.05, 0) is 18.4 Å². The predicted octanol–water partition coefficient (Wildman–Crippen LogP) is 1.53. The van der Waals surface area contributed by atoms with E-state index >= 15 is 0 Å². The van der Waals surface area contributed by atoms with Crippen molar-refractivity contribution in [2.24, 2.45) is 5.92 Å². The van der Waals surface area contributed by atoms with Crippen LogP contribution in [0.25, 0.3) is 0 Å². The molecule has 0 heterocycles. The average molecular weight is 322 g/mol. The van der Waals surface area contributed by atoms with Crippen LogP contribution in [0, 0.1) is 5.92 Å². The van der Waals surface area contributed by atoms with Gasteiger partial charge >= 0.3 is 12.1 Å². The van der Waals surface area contributed by atoms with E-state index in [1.807, 2.05) is 30.3 Å². The van der Waals surface area contributed by atoms with E-state index in [9.17, 15) is 14.4 Å². The molecule has 0 aliphatic heterocycles. The quantitative estimate of drug-likeness (QED) is 0.706. The number of rotatable bonds is 7. The predicted molar refractivity (Wildman–Crippen MR) is 83.7 cm³/mol. The molecule has 1 atom stereocenters. The van der Waals surface area contributed by atoms with Crippen molar-refractivity contribution in [2.45, 2.75) is 32.9 Å². The first kappa shape index (κ1) is 18.5. The van der Waals surface area contributed by atoms with Crippen molar-refractivity contribution in [1.82, 2.24) is 10.6 Å². The van der Waals surface area contributed by atoms with E-state index in [0.29, 0.717) is 0 Å². The Balaban J connectivity index is 2.65. The average Bonchev–Trinajstić information content (AvgIpc) is 2.51. The zero-order valence-corrected chi connectivity index (χ0v) is 13.5. The zero-order chi connectivity index (χ0) is 17.5. The molecule has 0 aliphatic carbocycles. The lowest BCUT2D eigenvalue weighted by molar-refractivity contribution is -0.139. The number of carbonyl (C=O) groups excluding carboxylic acids is 2. The summed E-state index contributed by atoms with van der Waals surface area (Å²) in [6, 6.07) is 9.14. The molecule has 1 aromatic rings. The number of carboxylic acids is 1. The van der Waals surface area contributed by atoms with Crippen molar-refractivity contribution in [3.63, 3.8) is 0 Å². The van der Waals surface area contributed by atoms with Crippen LogP contribution < -0.4 is 10.6 Å². The number of carboxylic acid groups (broad SMARTS) is 1. The van der Waals surface area contributed by atoms with E-state index in [2.05, 4.69) is 10.6 Å². The van der Waals surface area contributed by atoms with Crippen LogP contribution in [-0.4, -0.2) is 35.2 Å². The summed E-state index contributed by atoms with van der Waals surface area (Å²) < 4.78 is 5.10. The number of alkyl carbamates (subject to hydrolysis) is 1. The monoisotopic (exact) mass is 322 g/mol. The fourth-order valence-electron chi connectivity index (χ4n) is 1.77. The molecule has 0 radical (unpaired) electrons. The minimum atomic E-state index is -1.27. The zero-order valence-electron chi connectivity index (χ0n) is 13.5. The van der Waals surface area contributed by atoms with Gasteiger partial charge in [-0.15, -0.1) is 0 Å². The van der Waals surface area contributed by atoms with Crippen LogP contribution >= 0.6 is 0 Å². The summed E-state index contributed by atoms with van der Waals surface area (Å²) in [6.45, 7) is 4.59. The number of amides is 2. The van der Waals surface area contributed by atoms with Gasteiger partial charge in [-0.1, -0.05) is 44.2 Å². The maximum atomic E-state index is 12.2. The Morgan fingerprint density at radius 1 is 1.22 bits per heavy atom. The lowest BCUT2D eigenvalue weighted by Crippen LogP contribution is -2.60. The Hall–Kier alpha value is -2.57. The number of ether oxygens (including phenoxy) is 1. The molecule has 0 saturated carbocycles. The minimum absolute atomic E-state index is 0.0809. The van der Waals surface area contributed by atoms with E-state index in [-0.39, 0.29) is 12.5 Å². The van der Waals surface area contributed by atoms with Crippen molar-refractivity contribution in [1.29, 1.82) is 0 Å². The molecule has 126 valence electrons. The normalized spacial score (nSPS) is 13.0. The van der Waals surface area contributed by atoms with Crippen LogP contribution in [-0.2, 0) is 20.9 Å². The van der Waals surface area contributed by atoms with Crippen LogP contribution in [0.2, 0.25) is 0 Å². The smallest absolute Gasteiger partial charge is 0.408 e. The van der Waals surface area contributed by atoms with Gasteiger partial charge in [0.2, 0.25) is 5.91 Å². The fourth-order valence-corrected chi connectivity index (χ4v) is 1.77. The third-order valence-electron chi connectivity index (χ3n) is 3.60. The molecular weight excluding hydrogens is 300 g/mol. The summed E-state index contributed by atoms with van der Waals surface area (Å²) in [7, 11) is 0. The molecular formula is C16H22N2O5. The Kier molecular flexibility index (Phi) is 6.56. The van der Waals surface area contributed by atoms with Gasteiger partial charge in [0.1, 0.15) is 18.7 Å². The standard InChI is InChI=1S/C16H22N2O5/c1-11(2)16(3,14(21)17-9-13(19)20)18-15(22)23-10-12-7-5-4-6-8-12/h4-8,11H,9-10H2,1-3H3,(H,17,21)(H,18,22)(H,19,20). The lowest BCUT2D eigenvalue weighted by atomic mass is 9.87. The Bertz CT molecular complexity index is 559. The Morgan fingerprint density at radius 3 is 2.35 bits per heavy atom. The molecule has 1 unspecified atom stereocenters. The number of aliphatic carboxylic acids is 1. The van der Waals surface area contributed by atoms with Gasteiger partial charge in [-0.3, -0.25) is 9.59 Å². The van der Waals surface area contributed by atoms with Gasteiger partial charge < -0.3 is 20.5 Å². The summed E-state index contributed by atoms with van der Waals surface area (Å²) in [5.74, 6) is -2.00. The van der Waals surface area contributed by atoms with E-state index in [4.69, 9.17) is 9.84 Å². The maximum Gasteiger partial charge on any atom is 0.408 e. The number of hydrogen-bond donors (Lipinski definition) is 3. The largest absolute Gasteiger partial charge is 0.480 e. The first-order chi connectivity index (χ1) is 10.8. The summed E-state index contributed by atoms with van der Waals surface area (Å²) in [5, 5.41) is 13.4. The highest BCUT2D eigenvalue weighted by atomic mass is 16.5. The highest BCUT2D eigenvalue weighted by Gasteiger charge is 2.38. The molecule has 0 bridgehead atoms. The molecule has 7 nitrogen and oxygen atoms in total. The van der Waals surface area contributed by atoms with Crippen molar-refractivity contribution in [2.75, 3.05) is 6.54 Å². The number of carbonyl (C=O) groups is 3. The molecule has 1 rings (SSSR count). The number of nitrogens with one attached hydrogen (secondary N) is 2. The summed E-state index contributed by atoms with van der Waals surface area (Å²) >= 11 is 0. The van der Waals surface area contributed by atoms with Crippen molar-refractivity contribution < 1.29 is 24.2 Å². The van der Waals surface area contributed by atoms with E-state index in [1.165, 1.54) is 6.92 Å². The lowest BCUT2D eigenvalue weighted by Gasteiger charge is -2.32. The highest BCUT2D eigenvalue weighted by molar-refractivity contribution is 5.91. The number of benzene rings is 1. The van der Waals surface area contributed by atoms with Gasteiger partial charge in [0.05, 0.1) is 0 Å². The van der Waals surface area contributed by atoms with Crippen LogP contribution in [0.15, 0.2) is 30.3 Å². The second-order valence-electron chi connectivity index (χ2n) is 5.62. The molecule has 0 aliphatic rings. The van der Waals surface area contributed by atoms with Gasteiger partial charge in [0.15, 0.2) is 0 Å². The molecule has 0 fully saturated rings. The molecule has 0 saturated heterocycles. The number of hydrogen-bond acceptors (Lipinski definition) is 4. The second-order valence-corrected chi connectivity index (χ2v) is 5.62. The molecule has 0 spiro atoms. The first-order valence-corrected chi connectivity index (χ1v) is 7.24. The van der Waals surface area contributed by atoms with Crippen molar-refractivity contribution >= 4 is 18.0 Å². The van der Waals surface area contributed by atoms with Crippen LogP contribution in [0.1, 0.15) is 26.3 Å². The van der Waals surface area contributed by atoms with E-state index < -0.39 is 30.1 Å². The van der Waals surface area contributed by atoms with E-state index in [1.54, 1.807) is 13.8 Å². The topological polar surface area (TPSA) is 105 Å². The van der Waals surface area contributed by atoms with Gasteiger partial charge in [-0.25, -0.2) is 4.79 Å². The first-order valence-electron chi connectivity index (χ1n) is 7.24. The third kappa shape index (κ3) is 5.61. The molecule has 0 aromatic heterocycles. The Labute approximate surface area is 135 Å². The highest BCUT2D eigenvalue weighted by Crippen LogP contribution is 2.17. The summed E-state index contributed by atoms with van der Waals surface area (Å²) in [4.78, 5) is 34.7. The van der Waals surface area contributed by atoms with E-state index in [0.717, 1.165) is 5.56 Å². The van der Waals surface area contributed by atoms with Crippen LogP contribution in [0.5, 0.6) is 0 Å². The molecule has 3 N–H and O–H groups in total. The SMILES string of the molecule is CC(C)C(C)(NC(=O)OCc1ccccc1)C(=O)NCC(=O)O. The van der Waals surface area contributed by atoms with Crippen molar-refractivity contribution in [3.05, 3.63) is 35.9 Å². The Morgan fingerprint density at radius 2 is 1.83 bits per heavy atom. The molecule has 7 heteroatoms. The van der Waals surface area contributed by atoms with Crippen LogP contribution in [0.4, 0.5) is 4.79 Å². The van der Waals surface area contributed by atoms with Crippen LogP contribution in [0.3, 0.4) is 0 Å². The maximum absolute atomic E-state index is 12.2. The minimum Gasteiger partial charge on any atom is -0.480 e. The van der Waals surface area contributed by atoms with Gasteiger partial charge in [0, 0.05) is 0 Å². The second kappa shape index (κ2) is 8.17. The fraction of sp³-hybridized carbons (Fsp3) is 0.438. The summed E-state index contributed by atoms with van der Waals surface area (Å²) in [5.41, 5.74) is -0.451. The molecule has 2 amide bonds. The van der Waals surface area contributed by atoms with Gasteiger partial charge in [-0.2, -0.15) is 0 Å². The van der Waals surface area contributed by atoms with Crippen molar-refractivity contribution in [3.8, 4) is 0 Å². The van der Waals surface area contributed by atoms with Gasteiger partial charge in [0.25, 0.3) is 0 Å². The summed E-state index contributed by atoms with van der Waals surface area (Å²) in [6.07, 6.45) is -0.740. The molecule has 1 aromatic carbocycles.